The van der Waals surface area contributed by atoms with Crippen molar-refractivity contribution in [1.29, 1.82) is 0 Å². The molecule has 0 saturated carbocycles. The van der Waals surface area contributed by atoms with Crippen molar-refractivity contribution in [2.45, 2.75) is 4.90 Å². The van der Waals surface area contributed by atoms with E-state index in [1.54, 1.807) is 0 Å². The van der Waals surface area contributed by atoms with E-state index in [0.717, 1.165) is 6.07 Å². The molecule has 7 nitrogen and oxygen atoms in total. The minimum atomic E-state index is -3.81. The van der Waals surface area contributed by atoms with Crippen LogP contribution in [-0.2, 0) is 19.6 Å². The molecule has 0 unspecified atom stereocenters. The lowest BCUT2D eigenvalue weighted by Crippen LogP contribution is -2.40. The van der Waals surface area contributed by atoms with E-state index < -0.39 is 21.7 Å². The average Bonchev–Trinajstić information content (AvgIpc) is 2.68. The highest BCUT2D eigenvalue weighted by Crippen LogP contribution is 2.28. The second-order valence-electron chi connectivity index (χ2n) is 5.96. The van der Waals surface area contributed by atoms with Crippen molar-refractivity contribution in [3.63, 3.8) is 0 Å². The quantitative estimate of drug-likeness (QED) is 0.764. The minimum Gasteiger partial charge on any atom is -0.484 e. The van der Waals surface area contributed by atoms with E-state index in [1.807, 2.05) is 0 Å². The third-order valence-corrected chi connectivity index (χ3v) is 6.35. The summed E-state index contributed by atoms with van der Waals surface area (Å²) >= 11 is 6.08. The van der Waals surface area contributed by atoms with E-state index >= 15 is 0 Å². The number of anilines is 1. The number of halogens is 2. The van der Waals surface area contributed by atoms with Gasteiger partial charge in [-0.2, -0.15) is 4.31 Å². The molecule has 1 N–H and O–H groups in total. The number of benzene rings is 2. The maximum absolute atomic E-state index is 13.1. The second kappa shape index (κ2) is 8.87. The van der Waals surface area contributed by atoms with Gasteiger partial charge in [-0.05, 0) is 30.3 Å². The first-order valence-corrected chi connectivity index (χ1v) is 10.2. The minimum absolute atomic E-state index is 0.0560. The maximum Gasteiger partial charge on any atom is 0.262 e. The Balaban J connectivity index is 1.69. The van der Waals surface area contributed by atoms with Crippen molar-refractivity contribution < 1.29 is 27.1 Å². The molecule has 1 aliphatic rings. The molecule has 1 amide bonds. The summed E-state index contributed by atoms with van der Waals surface area (Å²) in [5.74, 6) is -0.795. The number of ether oxygens (including phenoxy) is 2. The van der Waals surface area contributed by atoms with Crippen LogP contribution >= 0.6 is 11.6 Å². The zero-order chi connectivity index (χ0) is 20.1. The smallest absolute Gasteiger partial charge is 0.262 e. The van der Waals surface area contributed by atoms with E-state index in [2.05, 4.69) is 5.32 Å². The van der Waals surface area contributed by atoms with Crippen LogP contribution in [0.2, 0.25) is 5.02 Å². The van der Waals surface area contributed by atoms with Crippen molar-refractivity contribution in [3.8, 4) is 5.75 Å². The maximum atomic E-state index is 13.1. The molecular weight excluding hydrogens is 411 g/mol. The number of carbonyl (C=O) groups is 1. The predicted octanol–water partition coefficient (Wildman–Crippen LogP) is 2.52. The van der Waals surface area contributed by atoms with Crippen LogP contribution in [-0.4, -0.2) is 51.5 Å². The largest absolute Gasteiger partial charge is 0.484 e. The van der Waals surface area contributed by atoms with Crippen molar-refractivity contribution in [3.05, 3.63) is 53.3 Å². The topological polar surface area (TPSA) is 84.9 Å². The van der Waals surface area contributed by atoms with Crippen molar-refractivity contribution in [2.24, 2.45) is 0 Å². The van der Waals surface area contributed by atoms with Crippen LogP contribution in [0.15, 0.2) is 47.4 Å². The van der Waals surface area contributed by atoms with Crippen LogP contribution in [0.4, 0.5) is 10.1 Å². The molecule has 1 saturated heterocycles. The van der Waals surface area contributed by atoms with Gasteiger partial charge in [0.2, 0.25) is 10.0 Å². The molecule has 0 bridgehead atoms. The fourth-order valence-corrected chi connectivity index (χ4v) is 4.52. The number of hydrogen-bond donors (Lipinski definition) is 1. The van der Waals surface area contributed by atoms with Gasteiger partial charge in [0, 0.05) is 24.8 Å². The van der Waals surface area contributed by atoms with Crippen LogP contribution in [0.3, 0.4) is 0 Å². The summed E-state index contributed by atoms with van der Waals surface area (Å²) in [5, 5.41) is 2.60. The van der Waals surface area contributed by atoms with Gasteiger partial charge in [-0.1, -0.05) is 17.7 Å². The Kier molecular flexibility index (Phi) is 6.50. The Morgan fingerprint density at radius 1 is 1.21 bits per heavy atom. The SMILES string of the molecule is O=C(COc1cccc(F)c1)Nc1ccc(Cl)c(S(=O)(=O)N2CCOCC2)c1. The molecule has 10 heteroatoms. The van der Waals surface area contributed by atoms with Crippen molar-refractivity contribution in [1.82, 2.24) is 4.31 Å². The average molecular weight is 429 g/mol. The molecule has 2 aromatic carbocycles. The molecule has 150 valence electrons. The summed E-state index contributed by atoms with van der Waals surface area (Å²) in [5.41, 5.74) is 0.254. The lowest BCUT2D eigenvalue weighted by molar-refractivity contribution is -0.118. The Bertz CT molecular complexity index is 964. The van der Waals surface area contributed by atoms with Crippen molar-refractivity contribution >= 4 is 33.2 Å². The molecule has 3 rings (SSSR count). The van der Waals surface area contributed by atoms with Crippen LogP contribution in [0.5, 0.6) is 5.75 Å². The van der Waals surface area contributed by atoms with Gasteiger partial charge in [0.05, 0.1) is 18.2 Å². The third-order valence-electron chi connectivity index (χ3n) is 3.97. The Labute approximate surface area is 167 Å². The van der Waals surface area contributed by atoms with Gasteiger partial charge in [0.15, 0.2) is 6.61 Å². The number of morpholine rings is 1. The molecule has 0 aliphatic carbocycles. The summed E-state index contributed by atoms with van der Waals surface area (Å²) in [6.45, 7) is 0.723. The van der Waals surface area contributed by atoms with Gasteiger partial charge in [0.1, 0.15) is 16.5 Å². The molecule has 1 fully saturated rings. The molecule has 1 aliphatic heterocycles. The Morgan fingerprint density at radius 3 is 2.68 bits per heavy atom. The number of carbonyl (C=O) groups excluding carboxylic acids is 1. The highest BCUT2D eigenvalue weighted by molar-refractivity contribution is 7.89. The predicted molar refractivity (Wildman–Crippen MR) is 102 cm³/mol. The number of amides is 1. The van der Waals surface area contributed by atoms with E-state index in [4.69, 9.17) is 21.1 Å². The Hall–Kier alpha value is -2.20. The number of nitrogens with zero attached hydrogens (tertiary/aromatic N) is 1. The summed E-state index contributed by atoms with van der Waals surface area (Å²) in [4.78, 5) is 12.0. The summed E-state index contributed by atoms with van der Waals surface area (Å²) in [6, 6.07) is 9.59. The van der Waals surface area contributed by atoms with Gasteiger partial charge < -0.3 is 14.8 Å². The first-order valence-electron chi connectivity index (χ1n) is 8.42. The fourth-order valence-electron chi connectivity index (χ4n) is 2.61. The number of nitrogens with one attached hydrogen (secondary N) is 1. The van der Waals surface area contributed by atoms with Crippen LogP contribution < -0.4 is 10.1 Å². The normalized spacial score (nSPS) is 15.2. The lowest BCUT2D eigenvalue weighted by atomic mass is 10.3. The molecule has 2 aromatic rings. The van der Waals surface area contributed by atoms with Crippen LogP contribution in [0, 0.1) is 5.82 Å². The van der Waals surface area contributed by atoms with Crippen LogP contribution in [0.25, 0.3) is 0 Å². The number of rotatable bonds is 6. The fraction of sp³-hybridized carbons (Fsp3) is 0.278. The van der Waals surface area contributed by atoms with E-state index in [0.29, 0.717) is 13.2 Å². The zero-order valence-corrected chi connectivity index (χ0v) is 16.3. The molecule has 1 heterocycles. The van der Waals surface area contributed by atoms with E-state index in [-0.39, 0.29) is 41.1 Å². The monoisotopic (exact) mass is 428 g/mol. The van der Waals surface area contributed by atoms with Gasteiger partial charge in [-0.25, -0.2) is 12.8 Å². The standard InChI is InChI=1S/C18H18ClFN2O5S/c19-16-5-4-14(11-17(16)28(24,25)22-6-8-26-9-7-22)21-18(23)12-27-15-3-1-2-13(20)10-15/h1-5,10-11H,6-9,12H2,(H,21,23). The number of sulfonamides is 1. The van der Waals surface area contributed by atoms with Gasteiger partial charge in [0.25, 0.3) is 5.91 Å². The lowest BCUT2D eigenvalue weighted by Gasteiger charge is -2.26. The molecule has 0 atom stereocenters. The zero-order valence-electron chi connectivity index (χ0n) is 14.7. The summed E-state index contributed by atoms with van der Waals surface area (Å²) in [6.07, 6.45) is 0. The second-order valence-corrected chi connectivity index (χ2v) is 8.27. The third kappa shape index (κ3) is 4.99. The summed E-state index contributed by atoms with van der Waals surface area (Å²) in [7, 11) is -3.81. The van der Waals surface area contributed by atoms with E-state index in [1.165, 1.54) is 40.7 Å². The first-order chi connectivity index (χ1) is 13.4. The molecular formula is C18H18ClFN2O5S. The highest BCUT2D eigenvalue weighted by atomic mass is 35.5. The van der Waals surface area contributed by atoms with Gasteiger partial charge >= 0.3 is 0 Å². The molecule has 0 spiro atoms. The van der Waals surface area contributed by atoms with Crippen LogP contribution in [0.1, 0.15) is 0 Å². The van der Waals surface area contributed by atoms with Gasteiger partial charge in [-0.3, -0.25) is 4.79 Å². The molecule has 0 aromatic heterocycles. The van der Waals surface area contributed by atoms with E-state index in [9.17, 15) is 17.6 Å². The molecule has 28 heavy (non-hydrogen) atoms. The van der Waals surface area contributed by atoms with Crippen molar-refractivity contribution in [2.75, 3.05) is 38.2 Å². The molecule has 0 radical (unpaired) electrons. The van der Waals surface area contributed by atoms with Gasteiger partial charge in [-0.15, -0.1) is 0 Å². The summed E-state index contributed by atoms with van der Waals surface area (Å²) < 4.78 is 50.4. The first kappa shape index (κ1) is 20.5. The highest BCUT2D eigenvalue weighted by Gasteiger charge is 2.28. The number of hydrogen-bond acceptors (Lipinski definition) is 5. The Morgan fingerprint density at radius 2 is 1.96 bits per heavy atom.